The molecule has 166 valence electrons. The molecule has 32 heavy (non-hydrogen) atoms. The largest absolute Gasteiger partial charge is 0.324 e. The highest BCUT2D eigenvalue weighted by Gasteiger charge is 2.20. The number of rotatable bonds is 8. The zero-order valence-electron chi connectivity index (χ0n) is 18.3. The minimum absolute atomic E-state index is 0.176. The van der Waals surface area contributed by atoms with E-state index in [-0.39, 0.29) is 11.7 Å². The number of likely N-dealkylation sites (tertiary alicyclic amines) is 1. The number of hydrogen-bond donors (Lipinski definition) is 2. The summed E-state index contributed by atoms with van der Waals surface area (Å²) in [7, 11) is 0. The fourth-order valence-corrected chi connectivity index (χ4v) is 4.11. The Morgan fingerprint density at radius 1 is 0.844 bits per heavy atom. The van der Waals surface area contributed by atoms with Crippen molar-refractivity contribution in [2.75, 3.05) is 18.4 Å². The van der Waals surface area contributed by atoms with Gasteiger partial charge in [0.1, 0.15) is 11.9 Å². The second kappa shape index (κ2) is 11.0. The van der Waals surface area contributed by atoms with E-state index in [9.17, 15) is 9.18 Å². The molecule has 1 aliphatic heterocycles. The average molecular weight is 432 g/mol. The molecule has 3 aromatic rings. The van der Waals surface area contributed by atoms with Crippen LogP contribution in [0, 0.1) is 5.82 Å². The number of nitrogens with zero attached hydrogens (tertiary/aromatic N) is 1. The molecule has 1 atom stereocenters. The van der Waals surface area contributed by atoms with Crippen LogP contribution in [0.25, 0.3) is 0 Å². The van der Waals surface area contributed by atoms with E-state index in [1.54, 1.807) is 12.1 Å². The quantitative estimate of drug-likeness (QED) is 0.510. The third-order valence-electron chi connectivity index (χ3n) is 5.89. The summed E-state index contributed by atoms with van der Waals surface area (Å²) < 4.78 is 13.2. The van der Waals surface area contributed by atoms with E-state index >= 15 is 0 Å². The highest BCUT2D eigenvalue weighted by Crippen LogP contribution is 2.18. The molecule has 0 saturated carbocycles. The van der Waals surface area contributed by atoms with Crippen LogP contribution in [0.15, 0.2) is 78.9 Å². The van der Waals surface area contributed by atoms with E-state index in [0.717, 1.165) is 17.7 Å². The Morgan fingerprint density at radius 3 is 2.19 bits per heavy atom. The van der Waals surface area contributed by atoms with Crippen molar-refractivity contribution in [2.45, 2.75) is 38.4 Å². The number of hydrogen-bond acceptors (Lipinski definition) is 3. The molecule has 4 nitrogen and oxygen atoms in total. The summed E-state index contributed by atoms with van der Waals surface area (Å²) in [6, 6.07) is 23.6. The molecule has 0 radical (unpaired) electrons. The predicted molar refractivity (Wildman–Crippen MR) is 127 cm³/mol. The molecule has 0 unspecified atom stereocenters. The number of halogens is 1. The van der Waals surface area contributed by atoms with E-state index in [4.69, 9.17) is 0 Å². The molecule has 2 N–H and O–H groups in total. The van der Waals surface area contributed by atoms with Crippen molar-refractivity contribution >= 4 is 11.6 Å². The second-order valence-electron chi connectivity index (χ2n) is 8.37. The molecule has 5 heteroatoms. The standard InChI is InChI=1S/C27H30FN3O/c28-24-13-15-25(16-14-24)30-27(32)26(23-7-3-1-4-8-23)29-19-21-9-11-22(12-10-21)20-31-17-5-2-6-18-31/h1,3-4,7-16,26,29H,2,5-6,17-20H2,(H,30,32)/t26-/m0/s1. The molecular formula is C27H30FN3O. The summed E-state index contributed by atoms with van der Waals surface area (Å²) in [5, 5.41) is 6.27. The van der Waals surface area contributed by atoms with Crippen LogP contribution in [0.1, 0.15) is 42.0 Å². The van der Waals surface area contributed by atoms with E-state index < -0.39 is 6.04 Å². The zero-order chi connectivity index (χ0) is 22.2. The first-order chi connectivity index (χ1) is 15.7. The molecule has 1 fully saturated rings. The summed E-state index contributed by atoms with van der Waals surface area (Å²) in [4.78, 5) is 15.5. The van der Waals surface area contributed by atoms with Gasteiger partial charge in [-0.15, -0.1) is 0 Å². The molecule has 4 rings (SSSR count). The van der Waals surface area contributed by atoms with Crippen LogP contribution in [-0.4, -0.2) is 23.9 Å². The average Bonchev–Trinajstić information content (AvgIpc) is 2.83. The van der Waals surface area contributed by atoms with Gasteiger partial charge in [0.05, 0.1) is 0 Å². The van der Waals surface area contributed by atoms with Gasteiger partial charge in [-0.25, -0.2) is 4.39 Å². The van der Waals surface area contributed by atoms with Crippen molar-refractivity contribution < 1.29 is 9.18 Å². The van der Waals surface area contributed by atoms with Crippen LogP contribution in [0.4, 0.5) is 10.1 Å². The Labute approximate surface area is 189 Å². The van der Waals surface area contributed by atoms with Crippen molar-refractivity contribution in [3.05, 3.63) is 101 Å². The maximum atomic E-state index is 13.2. The maximum absolute atomic E-state index is 13.2. The van der Waals surface area contributed by atoms with Gasteiger partial charge in [-0.2, -0.15) is 0 Å². The number of carbonyl (C=O) groups excluding carboxylic acids is 1. The van der Waals surface area contributed by atoms with Crippen molar-refractivity contribution in [1.82, 2.24) is 10.2 Å². The van der Waals surface area contributed by atoms with Gasteiger partial charge in [-0.05, 0) is 66.9 Å². The van der Waals surface area contributed by atoms with Gasteiger partial charge in [-0.3, -0.25) is 15.0 Å². The third kappa shape index (κ3) is 6.25. The van der Waals surface area contributed by atoms with Crippen LogP contribution < -0.4 is 10.6 Å². The van der Waals surface area contributed by atoms with Gasteiger partial charge in [-0.1, -0.05) is 61.0 Å². The van der Waals surface area contributed by atoms with Gasteiger partial charge in [0.2, 0.25) is 5.91 Å². The molecule has 1 amide bonds. The number of carbonyl (C=O) groups is 1. The summed E-state index contributed by atoms with van der Waals surface area (Å²) in [6.45, 7) is 3.94. The lowest BCUT2D eigenvalue weighted by Crippen LogP contribution is -2.32. The highest BCUT2D eigenvalue weighted by atomic mass is 19.1. The van der Waals surface area contributed by atoms with Crippen LogP contribution in [0.3, 0.4) is 0 Å². The Kier molecular flexibility index (Phi) is 7.64. The van der Waals surface area contributed by atoms with E-state index in [0.29, 0.717) is 12.2 Å². The molecule has 3 aromatic carbocycles. The normalized spacial score (nSPS) is 15.3. The smallest absolute Gasteiger partial charge is 0.246 e. The van der Waals surface area contributed by atoms with E-state index in [1.165, 1.54) is 50.0 Å². The van der Waals surface area contributed by atoms with Crippen LogP contribution in [0.5, 0.6) is 0 Å². The fourth-order valence-electron chi connectivity index (χ4n) is 4.11. The first-order valence-corrected chi connectivity index (χ1v) is 11.3. The van der Waals surface area contributed by atoms with Crippen molar-refractivity contribution in [3.63, 3.8) is 0 Å². The summed E-state index contributed by atoms with van der Waals surface area (Å²) in [5.41, 5.74) is 3.90. The number of piperidine rings is 1. The predicted octanol–water partition coefficient (Wildman–Crippen LogP) is 5.28. The minimum atomic E-state index is -0.519. The molecule has 1 saturated heterocycles. The Balaban J connectivity index is 1.39. The Bertz CT molecular complexity index is 984. The third-order valence-corrected chi connectivity index (χ3v) is 5.89. The summed E-state index contributed by atoms with van der Waals surface area (Å²) >= 11 is 0. The van der Waals surface area contributed by atoms with Crippen LogP contribution >= 0.6 is 0 Å². The lowest BCUT2D eigenvalue weighted by atomic mass is 10.0. The van der Waals surface area contributed by atoms with E-state index in [1.807, 2.05) is 30.3 Å². The van der Waals surface area contributed by atoms with Crippen molar-refractivity contribution in [3.8, 4) is 0 Å². The van der Waals surface area contributed by atoms with Crippen molar-refractivity contribution in [1.29, 1.82) is 0 Å². The second-order valence-corrected chi connectivity index (χ2v) is 8.37. The lowest BCUT2D eigenvalue weighted by Gasteiger charge is -2.26. The Hall–Kier alpha value is -3.02. The molecule has 0 spiro atoms. The number of nitrogens with one attached hydrogen (secondary N) is 2. The molecular weight excluding hydrogens is 401 g/mol. The van der Waals surface area contributed by atoms with E-state index in [2.05, 4.69) is 39.8 Å². The topological polar surface area (TPSA) is 44.4 Å². The van der Waals surface area contributed by atoms with Crippen molar-refractivity contribution in [2.24, 2.45) is 0 Å². The molecule has 0 aromatic heterocycles. The summed E-state index contributed by atoms with van der Waals surface area (Å²) in [5.74, 6) is -0.506. The Morgan fingerprint density at radius 2 is 1.50 bits per heavy atom. The number of benzene rings is 3. The molecule has 0 bridgehead atoms. The van der Waals surface area contributed by atoms with Crippen LogP contribution in [0.2, 0.25) is 0 Å². The first kappa shape index (κ1) is 22.2. The maximum Gasteiger partial charge on any atom is 0.246 e. The number of anilines is 1. The SMILES string of the molecule is O=C(Nc1ccc(F)cc1)[C@@H](NCc1ccc(CN2CCCCC2)cc1)c1ccccc1. The molecule has 0 aliphatic carbocycles. The number of amides is 1. The summed E-state index contributed by atoms with van der Waals surface area (Å²) in [6.07, 6.45) is 3.93. The molecule has 1 heterocycles. The minimum Gasteiger partial charge on any atom is -0.324 e. The first-order valence-electron chi connectivity index (χ1n) is 11.3. The monoisotopic (exact) mass is 431 g/mol. The van der Waals surface area contributed by atoms with Gasteiger partial charge in [0.15, 0.2) is 0 Å². The van der Waals surface area contributed by atoms with Gasteiger partial charge >= 0.3 is 0 Å². The van der Waals surface area contributed by atoms with Gasteiger partial charge in [0, 0.05) is 18.8 Å². The molecule has 1 aliphatic rings. The van der Waals surface area contributed by atoms with Gasteiger partial charge < -0.3 is 5.32 Å². The highest BCUT2D eigenvalue weighted by molar-refractivity contribution is 5.95. The zero-order valence-corrected chi connectivity index (χ0v) is 18.3. The lowest BCUT2D eigenvalue weighted by molar-refractivity contribution is -0.118. The van der Waals surface area contributed by atoms with Gasteiger partial charge in [0.25, 0.3) is 0 Å². The van der Waals surface area contributed by atoms with Crippen LogP contribution in [-0.2, 0) is 17.9 Å². The fraction of sp³-hybridized carbons (Fsp3) is 0.296.